The van der Waals surface area contributed by atoms with Crippen LogP contribution in [0.25, 0.3) is 0 Å². The molecular weight excluding hydrogens is 224 g/mol. The van der Waals surface area contributed by atoms with E-state index in [0.29, 0.717) is 11.8 Å². The Kier molecular flexibility index (Phi) is 3.33. The molecule has 0 bridgehead atoms. The Morgan fingerprint density at radius 2 is 2.06 bits per heavy atom. The van der Waals surface area contributed by atoms with Crippen LogP contribution in [0.3, 0.4) is 0 Å². The Morgan fingerprint density at radius 3 is 2.83 bits per heavy atom. The molecule has 3 unspecified atom stereocenters. The highest BCUT2D eigenvalue weighted by Crippen LogP contribution is 2.51. The lowest BCUT2D eigenvalue weighted by atomic mass is 9.80. The Hall–Kier alpha value is -0.600. The van der Waals surface area contributed by atoms with Crippen molar-refractivity contribution in [3.8, 4) is 0 Å². The summed E-state index contributed by atoms with van der Waals surface area (Å²) in [7, 11) is 0. The summed E-state index contributed by atoms with van der Waals surface area (Å²) in [5, 5.41) is 20.1. The lowest BCUT2D eigenvalue weighted by Crippen LogP contribution is -2.20. The van der Waals surface area contributed by atoms with Crippen molar-refractivity contribution in [3.63, 3.8) is 0 Å². The van der Waals surface area contributed by atoms with Gasteiger partial charge in [0.05, 0.1) is 12.2 Å². The molecule has 3 rings (SSSR count). The van der Waals surface area contributed by atoms with Gasteiger partial charge in [0, 0.05) is 5.41 Å². The van der Waals surface area contributed by atoms with Gasteiger partial charge in [-0.2, -0.15) is 0 Å². The third-order valence-electron chi connectivity index (χ3n) is 5.24. The van der Waals surface area contributed by atoms with Crippen LogP contribution in [0, 0.1) is 17.3 Å². The summed E-state index contributed by atoms with van der Waals surface area (Å²) < 4.78 is 0. The zero-order valence-corrected chi connectivity index (χ0v) is 11.0. The first kappa shape index (κ1) is 12.4. The van der Waals surface area contributed by atoms with Crippen molar-refractivity contribution in [1.82, 2.24) is 0 Å². The summed E-state index contributed by atoms with van der Waals surface area (Å²) in [6.07, 6.45) is 16.0. The van der Waals surface area contributed by atoms with Crippen molar-refractivity contribution in [2.75, 3.05) is 0 Å². The van der Waals surface area contributed by atoms with Crippen LogP contribution in [0.2, 0.25) is 0 Å². The van der Waals surface area contributed by atoms with Crippen molar-refractivity contribution < 1.29 is 10.2 Å². The van der Waals surface area contributed by atoms with E-state index in [0.717, 1.165) is 19.3 Å². The molecule has 0 saturated heterocycles. The fraction of sp³-hybridized carbons (Fsp3) is 0.750. The van der Waals surface area contributed by atoms with Gasteiger partial charge in [0.2, 0.25) is 0 Å². The number of hydrogen-bond acceptors (Lipinski definition) is 2. The zero-order valence-electron chi connectivity index (χ0n) is 11.0. The van der Waals surface area contributed by atoms with E-state index < -0.39 is 0 Å². The van der Waals surface area contributed by atoms with Crippen LogP contribution < -0.4 is 0 Å². The van der Waals surface area contributed by atoms with Gasteiger partial charge in [-0.05, 0) is 43.9 Å². The average molecular weight is 248 g/mol. The van der Waals surface area contributed by atoms with E-state index in [1.807, 2.05) is 6.08 Å². The second-order valence-corrected chi connectivity index (χ2v) is 6.44. The first-order chi connectivity index (χ1) is 8.70. The van der Waals surface area contributed by atoms with Gasteiger partial charge in [-0.25, -0.2) is 0 Å². The van der Waals surface area contributed by atoms with Gasteiger partial charge in [-0.1, -0.05) is 37.1 Å². The van der Waals surface area contributed by atoms with Crippen molar-refractivity contribution >= 4 is 0 Å². The van der Waals surface area contributed by atoms with Crippen molar-refractivity contribution in [2.24, 2.45) is 17.3 Å². The minimum Gasteiger partial charge on any atom is -0.393 e. The Bertz CT molecular complexity index is 354. The number of rotatable bonds is 3. The highest BCUT2D eigenvalue weighted by Gasteiger charge is 2.45. The molecule has 3 aliphatic carbocycles. The summed E-state index contributed by atoms with van der Waals surface area (Å²) in [4.78, 5) is 0. The maximum absolute atomic E-state index is 10.2. The summed E-state index contributed by atoms with van der Waals surface area (Å²) in [6, 6.07) is 0. The first-order valence-corrected chi connectivity index (χ1v) is 7.43. The molecule has 0 spiro atoms. The first-order valence-electron chi connectivity index (χ1n) is 7.43. The van der Waals surface area contributed by atoms with E-state index in [-0.39, 0.29) is 17.6 Å². The third-order valence-corrected chi connectivity index (χ3v) is 5.24. The maximum Gasteiger partial charge on any atom is 0.0749 e. The fourth-order valence-corrected chi connectivity index (χ4v) is 4.17. The smallest absolute Gasteiger partial charge is 0.0749 e. The molecule has 2 nitrogen and oxygen atoms in total. The number of aliphatic hydroxyl groups is 2. The molecule has 0 radical (unpaired) electrons. The molecule has 0 aliphatic heterocycles. The van der Waals surface area contributed by atoms with Crippen LogP contribution in [0.15, 0.2) is 24.3 Å². The van der Waals surface area contributed by atoms with E-state index in [1.54, 1.807) is 0 Å². The number of aliphatic hydroxyl groups excluding tert-OH is 2. The lowest BCUT2D eigenvalue weighted by molar-refractivity contribution is 0.153. The molecule has 2 saturated carbocycles. The molecular formula is C16H24O2. The summed E-state index contributed by atoms with van der Waals surface area (Å²) in [6.45, 7) is 0. The number of allylic oxidation sites excluding steroid dienone is 3. The van der Waals surface area contributed by atoms with Crippen molar-refractivity contribution in [1.29, 1.82) is 0 Å². The van der Waals surface area contributed by atoms with Gasteiger partial charge in [-0.15, -0.1) is 0 Å². The Balaban J connectivity index is 1.69. The van der Waals surface area contributed by atoms with Crippen molar-refractivity contribution in [2.45, 2.75) is 57.2 Å². The van der Waals surface area contributed by atoms with Crippen LogP contribution in [-0.4, -0.2) is 22.4 Å². The maximum atomic E-state index is 10.2. The van der Waals surface area contributed by atoms with Crippen LogP contribution in [-0.2, 0) is 0 Å². The largest absolute Gasteiger partial charge is 0.393 e. The summed E-state index contributed by atoms with van der Waals surface area (Å²) in [5.74, 6) is 1.02. The highest BCUT2D eigenvalue weighted by atomic mass is 16.3. The van der Waals surface area contributed by atoms with Crippen molar-refractivity contribution in [3.05, 3.63) is 24.3 Å². The van der Waals surface area contributed by atoms with E-state index >= 15 is 0 Å². The quantitative estimate of drug-likeness (QED) is 0.754. The standard InChI is InChI=1S/C16H24O2/c17-14-10-13-6-3-8-16(13,11-14)9-7-15(18)12-4-1-2-5-12/h3,7-9,12-15,17-18H,1-2,4-6,10-11H2/b9-7+/t13?,14?,15-,16?/m0/s1. The van der Waals surface area contributed by atoms with Gasteiger partial charge >= 0.3 is 0 Å². The SMILES string of the molecule is OC1CC2CC=CC2(/C=C/[C@H](O)C2CCCC2)C1. The third kappa shape index (κ3) is 2.17. The van der Waals surface area contributed by atoms with Crippen LogP contribution >= 0.6 is 0 Å². The monoisotopic (exact) mass is 248 g/mol. The van der Waals surface area contributed by atoms with Gasteiger partial charge in [0.15, 0.2) is 0 Å². The van der Waals surface area contributed by atoms with E-state index in [4.69, 9.17) is 0 Å². The molecule has 0 aromatic rings. The summed E-state index contributed by atoms with van der Waals surface area (Å²) in [5.41, 5.74) is 0.0407. The lowest BCUT2D eigenvalue weighted by Gasteiger charge is -2.25. The van der Waals surface area contributed by atoms with Crippen LogP contribution in [0.5, 0.6) is 0 Å². The molecule has 4 atom stereocenters. The van der Waals surface area contributed by atoms with E-state index in [1.165, 1.54) is 25.7 Å². The molecule has 3 aliphatic rings. The highest BCUT2D eigenvalue weighted by molar-refractivity contribution is 5.24. The van der Waals surface area contributed by atoms with E-state index in [2.05, 4.69) is 18.2 Å². The molecule has 0 aromatic heterocycles. The number of fused-ring (bicyclic) bond motifs is 1. The molecule has 18 heavy (non-hydrogen) atoms. The summed E-state index contributed by atoms with van der Waals surface area (Å²) >= 11 is 0. The topological polar surface area (TPSA) is 40.5 Å². The van der Waals surface area contributed by atoms with Crippen LogP contribution in [0.1, 0.15) is 44.9 Å². The second-order valence-electron chi connectivity index (χ2n) is 6.44. The number of hydrogen-bond donors (Lipinski definition) is 2. The molecule has 0 heterocycles. The van der Waals surface area contributed by atoms with Crippen LogP contribution in [0.4, 0.5) is 0 Å². The van der Waals surface area contributed by atoms with E-state index in [9.17, 15) is 10.2 Å². The van der Waals surface area contributed by atoms with Gasteiger partial charge in [0.25, 0.3) is 0 Å². The zero-order chi connectivity index (χ0) is 12.6. The predicted octanol–water partition coefficient (Wildman–Crippen LogP) is 2.81. The molecule has 0 amide bonds. The van der Waals surface area contributed by atoms with Gasteiger partial charge < -0.3 is 10.2 Å². The van der Waals surface area contributed by atoms with Gasteiger partial charge in [-0.3, -0.25) is 0 Å². The average Bonchev–Trinajstić information content (AvgIpc) is 3.00. The Labute approximate surface area is 109 Å². The second kappa shape index (κ2) is 4.82. The molecule has 0 aromatic carbocycles. The predicted molar refractivity (Wildman–Crippen MR) is 72.0 cm³/mol. The normalized spacial score (nSPS) is 41.9. The fourth-order valence-electron chi connectivity index (χ4n) is 4.17. The molecule has 2 N–H and O–H groups in total. The molecule has 100 valence electrons. The molecule has 2 heteroatoms. The minimum atomic E-state index is -0.283. The van der Waals surface area contributed by atoms with Gasteiger partial charge in [0.1, 0.15) is 0 Å². The Morgan fingerprint density at radius 1 is 1.28 bits per heavy atom. The minimum absolute atomic E-state index is 0.0407. The molecule has 2 fully saturated rings.